The van der Waals surface area contributed by atoms with Crippen molar-refractivity contribution in [3.05, 3.63) is 23.2 Å². The highest BCUT2D eigenvalue weighted by Gasteiger charge is 2.06. The Kier molecular flexibility index (Phi) is 5.63. The Balaban J connectivity index is 2.52. The van der Waals surface area contributed by atoms with Crippen LogP contribution in [-0.4, -0.2) is 13.7 Å². The van der Waals surface area contributed by atoms with E-state index >= 15 is 0 Å². The molecule has 0 aliphatic rings. The van der Waals surface area contributed by atoms with E-state index in [4.69, 9.17) is 16.3 Å². The van der Waals surface area contributed by atoms with Gasteiger partial charge in [0, 0.05) is 18.3 Å². The van der Waals surface area contributed by atoms with Crippen molar-refractivity contribution < 1.29 is 4.74 Å². The average Bonchev–Trinajstić information content (AvgIpc) is 2.27. The molecule has 0 radical (unpaired) electrons. The minimum Gasteiger partial charge on any atom is -0.495 e. The van der Waals surface area contributed by atoms with E-state index in [0.717, 1.165) is 18.2 Å². The van der Waals surface area contributed by atoms with Crippen LogP contribution in [0.15, 0.2) is 18.2 Å². The maximum Gasteiger partial charge on any atom is 0.139 e. The monoisotopic (exact) mass is 255 g/mol. The second-order valence-corrected chi connectivity index (χ2v) is 5.37. The highest BCUT2D eigenvalue weighted by molar-refractivity contribution is 6.32. The summed E-state index contributed by atoms with van der Waals surface area (Å²) in [6, 6.07) is 5.77. The van der Waals surface area contributed by atoms with Crippen LogP contribution >= 0.6 is 11.6 Å². The lowest BCUT2D eigenvalue weighted by Gasteiger charge is -2.16. The quantitative estimate of drug-likeness (QED) is 0.811. The summed E-state index contributed by atoms with van der Waals surface area (Å²) in [5, 5.41) is 4.06. The number of benzene rings is 1. The first-order valence-corrected chi connectivity index (χ1v) is 6.48. The molecule has 0 saturated carbocycles. The van der Waals surface area contributed by atoms with Gasteiger partial charge in [-0.25, -0.2) is 0 Å². The van der Waals surface area contributed by atoms with Gasteiger partial charge in [0.1, 0.15) is 5.75 Å². The van der Waals surface area contributed by atoms with Crippen LogP contribution in [0.25, 0.3) is 0 Å². The van der Waals surface area contributed by atoms with Gasteiger partial charge in [-0.15, -0.1) is 0 Å². The van der Waals surface area contributed by atoms with E-state index in [-0.39, 0.29) is 0 Å². The number of hydrogen-bond acceptors (Lipinski definition) is 2. The molecular formula is C14H22ClNO. The topological polar surface area (TPSA) is 21.3 Å². The van der Waals surface area contributed by atoms with E-state index in [9.17, 15) is 0 Å². The molecule has 0 aliphatic carbocycles. The molecule has 2 nitrogen and oxygen atoms in total. The smallest absolute Gasteiger partial charge is 0.139 e. The zero-order valence-corrected chi connectivity index (χ0v) is 11.8. The Labute approximate surface area is 109 Å². The van der Waals surface area contributed by atoms with Crippen molar-refractivity contribution in [1.82, 2.24) is 0 Å². The van der Waals surface area contributed by atoms with E-state index < -0.39 is 0 Å². The van der Waals surface area contributed by atoms with Gasteiger partial charge < -0.3 is 10.1 Å². The number of methoxy groups -OCH3 is 1. The fourth-order valence-corrected chi connectivity index (χ4v) is 2.14. The molecule has 0 bridgehead atoms. The summed E-state index contributed by atoms with van der Waals surface area (Å²) in [5.41, 5.74) is 1.06. The van der Waals surface area contributed by atoms with Gasteiger partial charge in [0.2, 0.25) is 0 Å². The summed E-state index contributed by atoms with van der Waals surface area (Å²) < 4.78 is 5.19. The molecule has 1 rings (SSSR count). The summed E-state index contributed by atoms with van der Waals surface area (Å²) >= 11 is 5.98. The third-order valence-corrected chi connectivity index (χ3v) is 2.99. The molecule has 0 spiro atoms. The minimum atomic E-state index is 0.647. The summed E-state index contributed by atoms with van der Waals surface area (Å²) in [7, 11) is 1.63. The average molecular weight is 256 g/mol. The Hall–Kier alpha value is -0.890. The number of halogens is 1. The van der Waals surface area contributed by atoms with Gasteiger partial charge in [0.05, 0.1) is 12.1 Å². The van der Waals surface area contributed by atoms with Crippen molar-refractivity contribution in [2.24, 2.45) is 11.8 Å². The fraction of sp³-hybridized carbons (Fsp3) is 0.571. The lowest BCUT2D eigenvalue weighted by atomic mass is 9.99. The van der Waals surface area contributed by atoms with E-state index in [1.807, 2.05) is 18.2 Å². The van der Waals surface area contributed by atoms with Crippen molar-refractivity contribution in [2.45, 2.75) is 27.2 Å². The highest BCUT2D eigenvalue weighted by Crippen LogP contribution is 2.27. The largest absolute Gasteiger partial charge is 0.495 e. The van der Waals surface area contributed by atoms with Crippen LogP contribution in [0.4, 0.5) is 5.69 Å². The summed E-state index contributed by atoms with van der Waals surface area (Å²) in [6.45, 7) is 7.74. The summed E-state index contributed by atoms with van der Waals surface area (Å²) in [5.74, 6) is 2.12. The van der Waals surface area contributed by atoms with Crippen LogP contribution in [0.2, 0.25) is 5.02 Å². The first-order valence-electron chi connectivity index (χ1n) is 6.10. The van der Waals surface area contributed by atoms with E-state index in [0.29, 0.717) is 16.7 Å². The lowest BCUT2D eigenvalue weighted by Crippen LogP contribution is -2.13. The number of nitrogens with one attached hydrogen (secondary N) is 1. The minimum absolute atomic E-state index is 0.647. The molecule has 0 saturated heterocycles. The van der Waals surface area contributed by atoms with Crippen LogP contribution < -0.4 is 10.1 Å². The molecule has 0 aliphatic heterocycles. The molecule has 0 heterocycles. The molecule has 1 N–H and O–H groups in total. The third-order valence-electron chi connectivity index (χ3n) is 2.68. The first-order chi connectivity index (χ1) is 8.02. The molecular weight excluding hydrogens is 234 g/mol. The number of rotatable bonds is 6. The first kappa shape index (κ1) is 14.2. The Morgan fingerprint density at radius 3 is 2.59 bits per heavy atom. The standard InChI is InChI=1S/C14H22ClNO/c1-10(2)7-11(3)9-16-12-5-6-13(15)14(8-12)17-4/h5-6,8,10-11,16H,7,9H2,1-4H3. The van der Waals surface area contributed by atoms with E-state index in [2.05, 4.69) is 26.1 Å². The molecule has 0 fully saturated rings. The Bertz CT molecular complexity index is 352. The van der Waals surface area contributed by atoms with Crippen molar-refractivity contribution >= 4 is 17.3 Å². The number of anilines is 1. The molecule has 1 unspecified atom stereocenters. The van der Waals surface area contributed by atoms with Gasteiger partial charge in [-0.05, 0) is 30.4 Å². The van der Waals surface area contributed by atoms with E-state index in [1.54, 1.807) is 7.11 Å². The SMILES string of the molecule is COc1cc(NCC(C)CC(C)C)ccc1Cl. The zero-order chi connectivity index (χ0) is 12.8. The van der Waals surface area contributed by atoms with Crippen molar-refractivity contribution in [3.63, 3.8) is 0 Å². The van der Waals surface area contributed by atoms with Crippen LogP contribution in [0.3, 0.4) is 0 Å². The maximum absolute atomic E-state index is 5.98. The summed E-state index contributed by atoms with van der Waals surface area (Å²) in [4.78, 5) is 0. The molecule has 1 aromatic carbocycles. The summed E-state index contributed by atoms with van der Waals surface area (Å²) in [6.07, 6.45) is 1.23. The molecule has 0 aromatic heterocycles. The Morgan fingerprint density at radius 2 is 2.00 bits per heavy atom. The molecule has 96 valence electrons. The second-order valence-electron chi connectivity index (χ2n) is 4.96. The number of ether oxygens (including phenoxy) is 1. The normalized spacial score (nSPS) is 12.6. The predicted octanol–water partition coefficient (Wildman–Crippen LogP) is 4.44. The van der Waals surface area contributed by atoms with Crippen LogP contribution in [0.1, 0.15) is 27.2 Å². The highest BCUT2D eigenvalue weighted by atomic mass is 35.5. The predicted molar refractivity (Wildman–Crippen MR) is 75.1 cm³/mol. The lowest BCUT2D eigenvalue weighted by molar-refractivity contribution is 0.415. The maximum atomic E-state index is 5.98. The van der Waals surface area contributed by atoms with Gasteiger partial charge in [-0.2, -0.15) is 0 Å². The van der Waals surface area contributed by atoms with Gasteiger partial charge in [0.25, 0.3) is 0 Å². The molecule has 1 atom stereocenters. The third kappa shape index (κ3) is 4.86. The van der Waals surface area contributed by atoms with Crippen molar-refractivity contribution in [3.8, 4) is 5.75 Å². The molecule has 3 heteroatoms. The molecule has 0 amide bonds. The fourth-order valence-electron chi connectivity index (χ4n) is 1.95. The number of hydrogen-bond donors (Lipinski definition) is 1. The van der Waals surface area contributed by atoms with E-state index in [1.165, 1.54) is 6.42 Å². The van der Waals surface area contributed by atoms with Gasteiger partial charge in [0.15, 0.2) is 0 Å². The second kappa shape index (κ2) is 6.75. The molecule has 17 heavy (non-hydrogen) atoms. The molecule has 1 aromatic rings. The van der Waals surface area contributed by atoms with Gasteiger partial charge in [-0.3, -0.25) is 0 Å². The Morgan fingerprint density at radius 1 is 1.29 bits per heavy atom. The van der Waals surface area contributed by atoms with Crippen molar-refractivity contribution in [1.29, 1.82) is 0 Å². The van der Waals surface area contributed by atoms with Gasteiger partial charge >= 0.3 is 0 Å². The van der Waals surface area contributed by atoms with Crippen LogP contribution in [0.5, 0.6) is 5.75 Å². The van der Waals surface area contributed by atoms with Crippen LogP contribution in [-0.2, 0) is 0 Å². The zero-order valence-electron chi connectivity index (χ0n) is 11.1. The van der Waals surface area contributed by atoms with Gasteiger partial charge in [-0.1, -0.05) is 32.4 Å². The van der Waals surface area contributed by atoms with Crippen LogP contribution in [0, 0.1) is 11.8 Å². The van der Waals surface area contributed by atoms with Crippen molar-refractivity contribution in [2.75, 3.05) is 19.0 Å².